The molecule has 0 aromatic carbocycles. The Bertz CT molecular complexity index is 254. The van der Waals surface area contributed by atoms with E-state index in [1.165, 1.54) is 5.57 Å². The summed E-state index contributed by atoms with van der Waals surface area (Å²) >= 11 is 0. The molecule has 1 heteroatoms. The van der Waals surface area contributed by atoms with E-state index in [9.17, 15) is 4.79 Å². The van der Waals surface area contributed by atoms with Crippen LogP contribution < -0.4 is 0 Å². The lowest BCUT2D eigenvalue weighted by Gasteiger charge is -2.18. The van der Waals surface area contributed by atoms with E-state index < -0.39 is 0 Å². The summed E-state index contributed by atoms with van der Waals surface area (Å²) in [6, 6.07) is 0. The van der Waals surface area contributed by atoms with Gasteiger partial charge in [0.1, 0.15) is 0 Å². The number of allylic oxidation sites excluding steroid dienone is 4. The molecule has 0 amide bonds. The highest BCUT2D eigenvalue weighted by Crippen LogP contribution is 2.24. The minimum Gasteiger partial charge on any atom is -0.294 e. The molecular weight excluding hydrogens is 136 g/mol. The fourth-order valence-corrected chi connectivity index (χ4v) is 1.30. The number of ketones is 1. The van der Waals surface area contributed by atoms with E-state index in [-0.39, 0.29) is 11.7 Å². The molecule has 0 saturated heterocycles. The fraction of sp³-hybridized carbons (Fsp3) is 0.500. The van der Waals surface area contributed by atoms with E-state index in [0.717, 1.165) is 11.1 Å². The molecule has 0 fully saturated rings. The third-order valence-electron chi connectivity index (χ3n) is 2.48. The van der Waals surface area contributed by atoms with Gasteiger partial charge in [0.2, 0.25) is 0 Å². The van der Waals surface area contributed by atoms with E-state index >= 15 is 0 Å². The first-order valence-corrected chi connectivity index (χ1v) is 3.94. The maximum absolute atomic E-state index is 11.4. The largest absolute Gasteiger partial charge is 0.294 e. The Kier molecular flexibility index (Phi) is 1.99. The second kappa shape index (κ2) is 2.65. The van der Waals surface area contributed by atoms with Crippen LogP contribution in [0, 0.1) is 5.92 Å². The third-order valence-corrected chi connectivity index (χ3v) is 2.48. The van der Waals surface area contributed by atoms with Crippen molar-refractivity contribution in [3.63, 3.8) is 0 Å². The molecule has 0 N–H and O–H groups in total. The van der Waals surface area contributed by atoms with Crippen molar-refractivity contribution >= 4 is 5.78 Å². The van der Waals surface area contributed by atoms with Gasteiger partial charge in [-0.2, -0.15) is 0 Å². The van der Waals surface area contributed by atoms with E-state index in [4.69, 9.17) is 0 Å². The molecule has 1 aliphatic rings. The molecule has 11 heavy (non-hydrogen) atoms. The van der Waals surface area contributed by atoms with Crippen LogP contribution in [0.4, 0.5) is 0 Å². The maximum atomic E-state index is 11.4. The molecule has 0 spiro atoms. The van der Waals surface area contributed by atoms with Crippen molar-refractivity contribution in [2.24, 2.45) is 5.92 Å². The molecule has 1 atom stereocenters. The van der Waals surface area contributed by atoms with Crippen LogP contribution in [0.25, 0.3) is 0 Å². The summed E-state index contributed by atoms with van der Waals surface area (Å²) < 4.78 is 0. The third kappa shape index (κ3) is 1.28. The van der Waals surface area contributed by atoms with Gasteiger partial charge in [0.05, 0.1) is 0 Å². The van der Waals surface area contributed by atoms with Crippen LogP contribution in [0.15, 0.2) is 22.8 Å². The zero-order chi connectivity index (χ0) is 8.59. The summed E-state index contributed by atoms with van der Waals surface area (Å²) in [5, 5.41) is 0. The van der Waals surface area contributed by atoms with Crippen molar-refractivity contribution in [2.75, 3.05) is 0 Å². The lowest BCUT2D eigenvalue weighted by atomic mass is 9.85. The number of carbonyl (C=O) groups excluding carboxylic acids is 1. The first-order valence-electron chi connectivity index (χ1n) is 3.94. The molecule has 0 aromatic heterocycles. The normalized spacial score (nSPS) is 25.6. The molecule has 1 aliphatic carbocycles. The van der Waals surface area contributed by atoms with E-state index in [1.807, 2.05) is 27.7 Å². The highest BCUT2D eigenvalue weighted by molar-refractivity contribution is 6.00. The molecule has 0 radical (unpaired) electrons. The van der Waals surface area contributed by atoms with Gasteiger partial charge in [0, 0.05) is 5.92 Å². The second-order valence-corrected chi connectivity index (χ2v) is 3.28. The number of hydrogen-bond donors (Lipinski definition) is 0. The summed E-state index contributed by atoms with van der Waals surface area (Å²) in [6.07, 6.45) is 2.10. The molecule has 0 heterocycles. The lowest BCUT2D eigenvalue weighted by Crippen LogP contribution is -2.17. The van der Waals surface area contributed by atoms with Crippen molar-refractivity contribution < 1.29 is 4.79 Å². The summed E-state index contributed by atoms with van der Waals surface area (Å²) in [5.74, 6) is 0.376. The minimum absolute atomic E-state index is 0.0960. The predicted octanol–water partition coefficient (Wildman–Crippen LogP) is 2.49. The van der Waals surface area contributed by atoms with Gasteiger partial charge in [-0.25, -0.2) is 0 Å². The van der Waals surface area contributed by atoms with Crippen molar-refractivity contribution in [1.82, 2.24) is 0 Å². The predicted molar refractivity (Wildman–Crippen MR) is 46.3 cm³/mol. The molecule has 60 valence electrons. The number of rotatable bonds is 0. The highest BCUT2D eigenvalue weighted by Gasteiger charge is 2.21. The van der Waals surface area contributed by atoms with Crippen molar-refractivity contribution in [1.29, 1.82) is 0 Å². The van der Waals surface area contributed by atoms with Gasteiger partial charge < -0.3 is 0 Å². The fourth-order valence-electron chi connectivity index (χ4n) is 1.30. The highest BCUT2D eigenvalue weighted by atomic mass is 16.1. The minimum atomic E-state index is 0.0960. The second-order valence-electron chi connectivity index (χ2n) is 3.28. The van der Waals surface area contributed by atoms with E-state index in [1.54, 1.807) is 0 Å². The van der Waals surface area contributed by atoms with Crippen molar-refractivity contribution in [3.05, 3.63) is 22.8 Å². The Morgan fingerprint density at radius 3 is 2.36 bits per heavy atom. The zero-order valence-corrected chi connectivity index (χ0v) is 7.56. The monoisotopic (exact) mass is 150 g/mol. The van der Waals surface area contributed by atoms with Gasteiger partial charge >= 0.3 is 0 Å². The quantitative estimate of drug-likeness (QED) is 0.518. The molecule has 0 saturated carbocycles. The smallest absolute Gasteiger partial charge is 0.165 e. The molecular formula is C10H14O. The van der Waals surface area contributed by atoms with Gasteiger partial charge in [-0.3, -0.25) is 4.79 Å². The molecule has 1 unspecified atom stereocenters. The Morgan fingerprint density at radius 1 is 1.27 bits per heavy atom. The van der Waals surface area contributed by atoms with Crippen LogP contribution in [-0.4, -0.2) is 5.78 Å². The van der Waals surface area contributed by atoms with E-state index in [2.05, 4.69) is 6.08 Å². The zero-order valence-electron chi connectivity index (χ0n) is 7.56. The van der Waals surface area contributed by atoms with Crippen LogP contribution in [0.3, 0.4) is 0 Å². The van der Waals surface area contributed by atoms with Gasteiger partial charge in [0.15, 0.2) is 5.78 Å². The Balaban J connectivity index is 3.11. The standard InChI is InChI=1S/C10H14O/c1-6-5-7(2)9(4)10(11)8(6)3/h5,8H,1-4H3. The molecule has 1 rings (SSSR count). The van der Waals surface area contributed by atoms with Crippen LogP contribution in [-0.2, 0) is 4.79 Å². The summed E-state index contributed by atoms with van der Waals surface area (Å²) in [5.41, 5.74) is 3.21. The SMILES string of the molecule is CC1=CC(C)=C(C)C(=O)C1C. The van der Waals surface area contributed by atoms with Crippen LogP contribution in [0.1, 0.15) is 27.7 Å². The average Bonchev–Trinajstić information content (AvgIpc) is 1.97. The first kappa shape index (κ1) is 8.25. The maximum Gasteiger partial charge on any atom is 0.165 e. The Hall–Kier alpha value is -0.850. The van der Waals surface area contributed by atoms with E-state index in [0.29, 0.717) is 0 Å². The molecule has 1 nitrogen and oxygen atoms in total. The van der Waals surface area contributed by atoms with Crippen LogP contribution >= 0.6 is 0 Å². The van der Waals surface area contributed by atoms with Gasteiger partial charge in [-0.05, 0) is 31.9 Å². The molecule has 0 bridgehead atoms. The number of carbonyl (C=O) groups is 1. The molecule has 0 aromatic rings. The van der Waals surface area contributed by atoms with Gasteiger partial charge in [0.25, 0.3) is 0 Å². The number of hydrogen-bond acceptors (Lipinski definition) is 1. The number of Topliss-reactive ketones (excluding diaryl/α,β-unsaturated/α-hetero) is 1. The summed E-state index contributed by atoms with van der Waals surface area (Å²) in [6.45, 7) is 7.86. The first-order chi connectivity index (χ1) is 5.04. The van der Waals surface area contributed by atoms with Gasteiger partial charge in [-0.1, -0.05) is 18.6 Å². The summed E-state index contributed by atoms with van der Waals surface area (Å²) in [4.78, 5) is 11.4. The van der Waals surface area contributed by atoms with Crippen molar-refractivity contribution in [2.45, 2.75) is 27.7 Å². The lowest BCUT2D eigenvalue weighted by molar-refractivity contribution is -0.117. The Labute approximate surface area is 67.8 Å². The Morgan fingerprint density at radius 2 is 1.82 bits per heavy atom. The average molecular weight is 150 g/mol. The topological polar surface area (TPSA) is 17.1 Å². The summed E-state index contributed by atoms with van der Waals surface area (Å²) in [7, 11) is 0. The van der Waals surface area contributed by atoms with Crippen LogP contribution in [0.5, 0.6) is 0 Å². The molecule has 0 aliphatic heterocycles. The van der Waals surface area contributed by atoms with Gasteiger partial charge in [-0.15, -0.1) is 0 Å². The van der Waals surface area contributed by atoms with Crippen molar-refractivity contribution in [3.8, 4) is 0 Å². The van der Waals surface area contributed by atoms with Crippen LogP contribution in [0.2, 0.25) is 0 Å².